The summed E-state index contributed by atoms with van der Waals surface area (Å²) < 4.78 is 2.16. The fourth-order valence-corrected chi connectivity index (χ4v) is 3.53. The van der Waals surface area contributed by atoms with E-state index in [1.165, 1.54) is 23.3 Å². The zero-order chi connectivity index (χ0) is 20.4. The van der Waals surface area contributed by atoms with Gasteiger partial charge < -0.3 is 4.57 Å². The number of rotatable bonds is 4. The topological polar surface area (TPSA) is 71.9 Å². The maximum atomic E-state index is 11.0. The van der Waals surface area contributed by atoms with Crippen LogP contribution in [0.2, 0.25) is 0 Å². The van der Waals surface area contributed by atoms with Crippen LogP contribution in [-0.2, 0) is 0 Å². The van der Waals surface area contributed by atoms with Gasteiger partial charge in [0.25, 0.3) is 5.69 Å². The van der Waals surface area contributed by atoms with Crippen LogP contribution in [-0.4, -0.2) is 9.49 Å². The van der Waals surface area contributed by atoms with Gasteiger partial charge in [0.1, 0.15) is 0 Å². The van der Waals surface area contributed by atoms with E-state index in [9.17, 15) is 15.4 Å². The van der Waals surface area contributed by atoms with Crippen molar-refractivity contribution in [3.63, 3.8) is 0 Å². The number of allylic oxidation sites excluding steroid dienone is 1. The molecule has 0 atom stereocenters. The van der Waals surface area contributed by atoms with Gasteiger partial charge in [0.15, 0.2) is 0 Å². The molecule has 0 spiro atoms. The molecule has 1 aromatic heterocycles. The lowest BCUT2D eigenvalue weighted by molar-refractivity contribution is -0.384. The SMILES string of the molecule is Cc1cc(C)cc(-n2c(C)cc(/C=C(/C#N)c3cccc([N+](=O)[O-])c3)c2C)c1. The Bertz CT molecular complexity index is 1130. The lowest BCUT2D eigenvalue weighted by atomic mass is 10.0. The van der Waals surface area contributed by atoms with Gasteiger partial charge in [0, 0.05) is 29.2 Å². The molecule has 3 aromatic rings. The van der Waals surface area contributed by atoms with Gasteiger partial charge in [-0.25, -0.2) is 0 Å². The zero-order valence-electron chi connectivity index (χ0n) is 16.4. The summed E-state index contributed by atoms with van der Waals surface area (Å²) in [5.41, 5.74) is 7.35. The summed E-state index contributed by atoms with van der Waals surface area (Å²) in [6, 6.07) is 16.8. The first-order chi connectivity index (χ1) is 13.3. The predicted molar refractivity (Wildman–Crippen MR) is 111 cm³/mol. The lowest BCUT2D eigenvalue weighted by Gasteiger charge is -2.12. The Balaban J connectivity index is 2.10. The second kappa shape index (κ2) is 7.53. The standard InChI is InChI=1S/C23H21N3O2/c1-15-8-16(2)10-23(9-15)25-17(3)11-20(18(25)4)12-21(14-24)19-6-5-7-22(13-19)26(27)28/h5-13H,1-4H3/b21-12-. The molecule has 3 rings (SSSR count). The van der Waals surface area contributed by atoms with Crippen LogP contribution in [0.1, 0.15) is 33.6 Å². The summed E-state index contributed by atoms with van der Waals surface area (Å²) in [4.78, 5) is 10.6. The Hall–Kier alpha value is -3.65. The van der Waals surface area contributed by atoms with Gasteiger partial charge in [0.2, 0.25) is 0 Å². The monoisotopic (exact) mass is 371 g/mol. The quantitative estimate of drug-likeness (QED) is 0.336. The van der Waals surface area contributed by atoms with Crippen molar-refractivity contribution < 1.29 is 4.92 Å². The molecule has 2 aromatic carbocycles. The fourth-order valence-electron chi connectivity index (χ4n) is 3.53. The molecule has 5 nitrogen and oxygen atoms in total. The van der Waals surface area contributed by atoms with E-state index >= 15 is 0 Å². The molecule has 140 valence electrons. The first-order valence-electron chi connectivity index (χ1n) is 8.94. The highest BCUT2D eigenvalue weighted by molar-refractivity contribution is 5.90. The van der Waals surface area contributed by atoms with Crippen molar-refractivity contribution in [2.24, 2.45) is 0 Å². The van der Waals surface area contributed by atoms with Crippen LogP contribution < -0.4 is 0 Å². The predicted octanol–water partition coefficient (Wildman–Crippen LogP) is 5.68. The Labute approximate surface area is 164 Å². The molecule has 0 aliphatic carbocycles. The van der Waals surface area contributed by atoms with Crippen LogP contribution in [0.25, 0.3) is 17.3 Å². The van der Waals surface area contributed by atoms with Crippen molar-refractivity contribution in [1.29, 1.82) is 5.26 Å². The smallest absolute Gasteiger partial charge is 0.270 e. The van der Waals surface area contributed by atoms with E-state index in [-0.39, 0.29) is 5.69 Å². The minimum absolute atomic E-state index is 0.0284. The highest BCUT2D eigenvalue weighted by Gasteiger charge is 2.13. The molecular formula is C23H21N3O2. The van der Waals surface area contributed by atoms with Crippen molar-refractivity contribution in [1.82, 2.24) is 4.57 Å². The number of nitrogens with zero attached hydrogens (tertiary/aromatic N) is 3. The summed E-state index contributed by atoms with van der Waals surface area (Å²) in [5, 5.41) is 20.7. The van der Waals surface area contributed by atoms with Crippen molar-refractivity contribution in [3.8, 4) is 11.8 Å². The van der Waals surface area contributed by atoms with Gasteiger partial charge in [-0.1, -0.05) is 18.2 Å². The summed E-state index contributed by atoms with van der Waals surface area (Å²) >= 11 is 0. The molecule has 0 bridgehead atoms. The van der Waals surface area contributed by atoms with Crippen LogP contribution in [0.15, 0.2) is 48.5 Å². The Morgan fingerprint density at radius 1 is 1.07 bits per heavy atom. The number of hydrogen-bond acceptors (Lipinski definition) is 3. The van der Waals surface area contributed by atoms with E-state index in [1.807, 2.05) is 19.9 Å². The third kappa shape index (κ3) is 3.72. The lowest BCUT2D eigenvalue weighted by Crippen LogP contribution is -2.00. The van der Waals surface area contributed by atoms with Gasteiger partial charge in [-0.2, -0.15) is 5.26 Å². The van der Waals surface area contributed by atoms with Gasteiger partial charge in [-0.15, -0.1) is 0 Å². The summed E-state index contributed by atoms with van der Waals surface area (Å²) in [6.07, 6.45) is 1.79. The normalized spacial score (nSPS) is 11.3. The number of nitriles is 1. The molecular weight excluding hydrogens is 350 g/mol. The third-order valence-electron chi connectivity index (χ3n) is 4.72. The van der Waals surface area contributed by atoms with Crippen LogP contribution in [0.5, 0.6) is 0 Å². The minimum atomic E-state index is -0.454. The number of non-ortho nitro benzene ring substituents is 1. The van der Waals surface area contributed by atoms with Crippen molar-refractivity contribution >= 4 is 17.3 Å². The first-order valence-corrected chi connectivity index (χ1v) is 8.94. The first kappa shape index (κ1) is 19.1. The van der Waals surface area contributed by atoms with E-state index in [4.69, 9.17) is 0 Å². The fraction of sp³-hybridized carbons (Fsp3) is 0.174. The minimum Gasteiger partial charge on any atom is -0.318 e. The molecule has 0 N–H and O–H groups in total. The van der Waals surface area contributed by atoms with E-state index in [2.05, 4.69) is 42.7 Å². The number of nitro groups is 1. The van der Waals surface area contributed by atoms with E-state index in [0.717, 1.165) is 22.6 Å². The van der Waals surface area contributed by atoms with Gasteiger partial charge in [0.05, 0.1) is 16.6 Å². The molecule has 28 heavy (non-hydrogen) atoms. The highest BCUT2D eigenvalue weighted by atomic mass is 16.6. The van der Waals surface area contributed by atoms with Crippen molar-refractivity contribution in [2.75, 3.05) is 0 Å². The second-order valence-corrected chi connectivity index (χ2v) is 6.99. The Morgan fingerprint density at radius 3 is 2.36 bits per heavy atom. The summed E-state index contributed by atoms with van der Waals surface area (Å²) in [6.45, 7) is 8.18. The Kier molecular flexibility index (Phi) is 5.14. The average Bonchev–Trinajstić information content (AvgIpc) is 2.92. The molecule has 0 amide bonds. The molecule has 0 saturated heterocycles. The summed E-state index contributed by atoms with van der Waals surface area (Å²) in [5.74, 6) is 0. The van der Waals surface area contributed by atoms with Gasteiger partial charge in [-0.05, 0) is 74.2 Å². The second-order valence-electron chi connectivity index (χ2n) is 6.99. The number of hydrogen-bond donors (Lipinski definition) is 0. The maximum absolute atomic E-state index is 11.0. The average molecular weight is 371 g/mol. The molecule has 0 aliphatic rings. The largest absolute Gasteiger partial charge is 0.318 e. The zero-order valence-corrected chi connectivity index (χ0v) is 16.4. The maximum Gasteiger partial charge on any atom is 0.270 e. The Morgan fingerprint density at radius 2 is 1.75 bits per heavy atom. The number of aromatic nitrogens is 1. The van der Waals surface area contributed by atoms with Crippen molar-refractivity contribution in [3.05, 3.63) is 92.3 Å². The summed E-state index contributed by atoms with van der Waals surface area (Å²) in [7, 11) is 0. The van der Waals surface area contributed by atoms with Crippen LogP contribution >= 0.6 is 0 Å². The molecule has 0 radical (unpaired) electrons. The molecule has 0 aliphatic heterocycles. The number of nitro benzene ring substituents is 1. The van der Waals surface area contributed by atoms with Crippen molar-refractivity contribution in [2.45, 2.75) is 27.7 Å². The number of aryl methyl sites for hydroxylation is 3. The van der Waals surface area contributed by atoms with Crippen LogP contribution in [0, 0.1) is 49.1 Å². The molecule has 0 unspecified atom stereocenters. The van der Waals surface area contributed by atoms with Crippen LogP contribution in [0.3, 0.4) is 0 Å². The van der Waals surface area contributed by atoms with Gasteiger partial charge >= 0.3 is 0 Å². The van der Waals surface area contributed by atoms with E-state index in [1.54, 1.807) is 18.2 Å². The van der Waals surface area contributed by atoms with Crippen LogP contribution in [0.4, 0.5) is 5.69 Å². The molecule has 5 heteroatoms. The highest BCUT2D eigenvalue weighted by Crippen LogP contribution is 2.27. The van der Waals surface area contributed by atoms with Gasteiger partial charge in [-0.3, -0.25) is 10.1 Å². The number of benzene rings is 2. The van der Waals surface area contributed by atoms with E-state index in [0.29, 0.717) is 11.1 Å². The molecule has 1 heterocycles. The molecule has 0 saturated carbocycles. The third-order valence-corrected chi connectivity index (χ3v) is 4.72. The molecule has 0 fully saturated rings. The van der Waals surface area contributed by atoms with E-state index < -0.39 is 4.92 Å².